The first kappa shape index (κ1) is 22.1. The zero-order valence-corrected chi connectivity index (χ0v) is 16.6. The number of rotatable bonds is 15. The lowest BCUT2D eigenvalue weighted by Gasteiger charge is -2.06. The van der Waals surface area contributed by atoms with Gasteiger partial charge in [-0.05, 0) is 19.8 Å². The summed E-state index contributed by atoms with van der Waals surface area (Å²) in [7, 11) is -4.39. The Hall–Kier alpha value is -0.920. The van der Waals surface area contributed by atoms with Gasteiger partial charge in [-0.3, -0.25) is 4.55 Å². The van der Waals surface area contributed by atoms with Crippen LogP contribution in [0.1, 0.15) is 78.1 Å². The third-order valence-corrected chi connectivity index (χ3v) is 4.84. The molecule has 1 heterocycles. The van der Waals surface area contributed by atoms with Gasteiger partial charge in [-0.1, -0.05) is 58.3 Å². The quantitative estimate of drug-likeness (QED) is 0.287. The van der Waals surface area contributed by atoms with Crippen molar-refractivity contribution >= 4 is 10.4 Å². The second-order valence-electron chi connectivity index (χ2n) is 6.86. The van der Waals surface area contributed by atoms with Crippen molar-refractivity contribution in [3.05, 3.63) is 18.7 Å². The van der Waals surface area contributed by atoms with Crippen LogP contribution in [0.5, 0.6) is 0 Å². The molecule has 0 spiro atoms. The highest BCUT2D eigenvalue weighted by atomic mass is 32.3. The maximum atomic E-state index is 10.7. The molecule has 0 aromatic carbocycles. The molecule has 1 N–H and O–H groups in total. The van der Waals surface area contributed by atoms with Crippen molar-refractivity contribution in [3.8, 4) is 0 Å². The Morgan fingerprint density at radius 3 is 2.16 bits per heavy atom. The fourth-order valence-corrected chi connectivity index (χ4v) is 3.47. The number of hydrogen-bond acceptors (Lipinski definition) is 3. The van der Waals surface area contributed by atoms with E-state index in [2.05, 4.69) is 15.7 Å². The van der Waals surface area contributed by atoms with Crippen molar-refractivity contribution in [2.75, 3.05) is 0 Å². The molecule has 0 unspecified atom stereocenters. The molecule has 1 atom stereocenters. The smallest absolute Gasteiger partial charge is 0.264 e. The second-order valence-corrected chi connectivity index (χ2v) is 7.91. The number of nitrogens with zero attached hydrogens (tertiary/aromatic N) is 2. The Bertz CT molecular complexity index is 557. The van der Waals surface area contributed by atoms with Crippen LogP contribution in [0.15, 0.2) is 18.7 Å². The minimum absolute atomic E-state index is 0.380. The molecule has 1 aromatic rings. The van der Waals surface area contributed by atoms with Crippen molar-refractivity contribution in [1.82, 2.24) is 4.57 Å². The molecule has 0 aliphatic heterocycles. The van der Waals surface area contributed by atoms with Crippen LogP contribution < -0.4 is 4.57 Å². The van der Waals surface area contributed by atoms with E-state index < -0.39 is 16.5 Å². The summed E-state index contributed by atoms with van der Waals surface area (Å²) in [5, 5.41) is 0. The number of hydrogen-bond donors (Lipinski definition) is 1. The van der Waals surface area contributed by atoms with Crippen molar-refractivity contribution in [2.45, 2.75) is 97.2 Å². The maximum Gasteiger partial charge on any atom is 0.397 e. The number of imidazole rings is 1. The van der Waals surface area contributed by atoms with E-state index in [0.29, 0.717) is 6.54 Å². The van der Waals surface area contributed by atoms with Crippen LogP contribution >= 0.6 is 0 Å². The zero-order chi connectivity index (χ0) is 18.5. The summed E-state index contributed by atoms with van der Waals surface area (Å²) in [6.45, 7) is 5.21. The molecular weight excluding hydrogens is 340 g/mol. The maximum absolute atomic E-state index is 10.7. The molecule has 0 amide bonds. The topological polar surface area (TPSA) is 72.4 Å². The van der Waals surface area contributed by atoms with Gasteiger partial charge in [0.25, 0.3) is 0 Å². The van der Waals surface area contributed by atoms with E-state index in [0.717, 1.165) is 13.0 Å². The minimum Gasteiger partial charge on any atom is -0.264 e. The van der Waals surface area contributed by atoms with E-state index in [1.807, 2.05) is 23.3 Å². The van der Waals surface area contributed by atoms with Crippen LogP contribution in [-0.4, -0.2) is 23.6 Å². The monoisotopic (exact) mass is 375 g/mol. The molecule has 0 fully saturated rings. The van der Waals surface area contributed by atoms with Crippen LogP contribution in [0.3, 0.4) is 0 Å². The lowest BCUT2D eigenvalue weighted by Crippen LogP contribution is -2.38. The van der Waals surface area contributed by atoms with Crippen molar-refractivity contribution < 1.29 is 21.7 Å². The summed E-state index contributed by atoms with van der Waals surface area (Å²) < 4.78 is 38.5. The van der Waals surface area contributed by atoms with Gasteiger partial charge in [0.1, 0.15) is 25.0 Å². The van der Waals surface area contributed by atoms with Gasteiger partial charge in [-0.15, -0.1) is 0 Å². The fraction of sp³-hybridized carbons (Fsp3) is 0.833. The molecule has 0 saturated heterocycles. The molecule has 6 nitrogen and oxygen atoms in total. The highest BCUT2D eigenvalue weighted by Gasteiger charge is 2.15. The van der Waals surface area contributed by atoms with Crippen molar-refractivity contribution in [2.24, 2.45) is 0 Å². The normalized spacial score (nSPS) is 13.2. The first-order chi connectivity index (χ1) is 11.9. The largest absolute Gasteiger partial charge is 0.397 e. The van der Waals surface area contributed by atoms with Gasteiger partial charge in [-0.2, -0.15) is 8.42 Å². The van der Waals surface area contributed by atoms with Gasteiger partial charge in [0.15, 0.2) is 0 Å². The summed E-state index contributed by atoms with van der Waals surface area (Å²) in [6, 6.07) is 0. The van der Waals surface area contributed by atoms with Crippen molar-refractivity contribution in [1.29, 1.82) is 0 Å². The molecule has 0 aliphatic rings. The van der Waals surface area contributed by atoms with E-state index in [4.69, 9.17) is 4.55 Å². The Morgan fingerprint density at radius 2 is 1.60 bits per heavy atom. The molecule has 0 saturated carbocycles. The third kappa shape index (κ3) is 12.1. The van der Waals surface area contributed by atoms with Gasteiger partial charge in [-0.25, -0.2) is 13.3 Å². The predicted molar refractivity (Wildman–Crippen MR) is 98.6 cm³/mol. The van der Waals surface area contributed by atoms with Crippen LogP contribution in [0.4, 0.5) is 0 Å². The average molecular weight is 376 g/mol. The molecule has 7 heteroatoms. The molecule has 1 rings (SSSR count). The first-order valence-electron chi connectivity index (χ1n) is 9.61. The molecule has 146 valence electrons. The van der Waals surface area contributed by atoms with Crippen LogP contribution in [-0.2, 0) is 27.7 Å². The summed E-state index contributed by atoms with van der Waals surface area (Å²) in [6.07, 6.45) is 18.4. The Balaban J connectivity index is 2.08. The SMILES string of the molecule is CCCCCCCCCCCCn1cc[n+](C[C@H](C)OS(=O)(=O)O)c1. The average Bonchev–Trinajstić information content (AvgIpc) is 2.94. The summed E-state index contributed by atoms with van der Waals surface area (Å²) in [5.41, 5.74) is 0. The third-order valence-electron chi connectivity index (χ3n) is 4.27. The van der Waals surface area contributed by atoms with E-state index in [9.17, 15) is 8.42 Å². The Morgan fingerprint density at radius 1 is 1.04 bits per heavy atom. The molecule has 1 aromatic heterocycles. The predicted octanol–water partition coefficient (Wildman–Crippen LogP) is 3.90. The van der Waals surface area contributed by atoms with E-state index in [1.165, 1.54) is 57.8 Å². The Labute approximate surface area is 153 Å². The van der Waals surface area contributed by atoms with Gasteiger partial charge in [0.05, 0.1) is 6.54 Å². The standard InChI is InChI=1S/C18H34N2O4S/c1-3-4-5-6-7-8-9-10-11-12-13-19-14-15-20(17-19)16-18(2)24-25(21,22)23/h14-15,17-18H,3-13,16H2,1-2H3/p+1/t18-/m0/s1. The summed E-state index contributed by atoms with van der Waals surface area (Å²) in [5.74, 6) is 0. The zero-order valence-electron chi connectivity index (χ0n) is 15.8. The van der Waals surface area contributed by atoms with Crippen LogP contribution in [0.2, 0.25) is 0 Å². The van der Waals surface area contributed by atoms with E-state index in [-0.39, 0.29) is 0 Å². The van der Waals surface area contributed by atoms with Crippen LogP contribution in [0.25, 0.3) is 0 Å². The summed E-state index contributed by atoms with van der Waals surface area (Å²) in [4.78, 5) is 0. The molecule has 25 heavy (non-hydrogen) atoms. The second kappa shape index (κ2) is 12.4. The molecule has 0 bridgehead atoms. The van der Waals surface area contributed by atoms with E-state index >= 15 is 0 Å². The summed E-state index contributed by atoms with van der Waals surface area (Å²) >= 11 is 0. The highest BCUT2D eigenvalue weighted by Crippen LogP contribution is 2.10. The number of aryl methyl sites for hydroxylation is 1. The lowest BCUT2D eigenvalue weighted by molar-refractivity contribution is -0.701. The Kier molecular flexibility index (Phi) is 11.0. The van der Waals surface area contributed by atoms with Gasteiger partial charge in [0, 0.05) is 0 Å². The van der Waals surface area contributed by atoms with Crippen LogP contribution in [0, 0.1) is 0 Å². The first-order valence-corrected chi connectivity index (χ1v) is 11.0. The lowest BCUT2D eigenvalue weighted by atomic mass is 10.1. The van der Waals surface area contributed by atoms with Crippen molar-refractivity contribution in [3.63, 3.8) is 0 Å². The molecule has 0 radical (unpaired) electrons. The highest BCUT2D eigenvalue weighted by molar-refractivity contribution is 7.80. The van der Waals surface area contributed by atoms with Gasteiger partial charge >= 0.3 is 10.4 Å². The van der Waals surface area contributed by atoms with E-state index in [1.54, 1.807) is 6.92 Å². The minimum atomic E-state index is -4.39. The molecular formula is C18H35N2O4S+. The fourth-order valence-electron chi connectivity index (χ4n) is 3.00. The van der Waals surface area contributed by atoms with Gasteiger partial charge in [0.2, 0.25) is 6.33 Å². The van der Waals surface area contributed by atoms with Gasteiger partial charge < -0.3 is 0 Å². The number of aromatic nitrogens is 2. The molecule has 0 aliphatic carbocycles. The number of unbranched alkanes of at least 4 members (excludes halogenated alkanes) is 9.